The lowest BCUT2D eigenvalue weighted by molar-refractivity contribution is -0.117. The number of carbonyl (C=O) groups is 1. The van der Waals surface area contributed by atoms with Crippen LogP contribution in [-0.2, 0) is 11.3 Å². The Morgan fingerprint density at radius 2 is 1.91 bits per heavy atom. The number of rotatable bonds is 5. The van der Waals surface area contributed by atoms with E-state index in [2.05, 4.69) is 25.1 Å². The Morgan fingerprint density at radius 3 is 2.48 bits per heavy atom. The van der Waals surface area contributed by atoms with Gasteiger partial charge in [-0.3, -0.25) is 4.79 Å². The van der Waals surface area contributed by atoms with Gasteiger partial charge in [0.1, 0.15) is 17.4 Å². The van der Waals surface area contributed by atoms with E-state index < -0.39 is 0 Å². The molecule has 0 fully saturated rings. The van der Waals surface area contributed by atoms with Gasteiger partial charge in [0.2, 0.25) is 0 Å². The molecular formula is C17H20ClN3OS. The third-order valence-electron chi connectivity index (χ3n) is 3.30. The molecule has 0 aromatic heterocycles. The zero-order valence-electron chi connectivity index (χ0n) is 13.4. The normalized spacial score (nSPS) is 15.0. The quantitative estimate of drug-likeness (QED) is 0.801. The first-order chi connectivity index (χ1) is 10.9. The maximum atomic E-state index is 11.5. The maximum absolute atomic E-state index is 11.5. The third-order valence-corrected chi connectivity index (χ3v) is 4.41. The summed E-state index contributed by atoms with van der Waals surface area (Å²) in [5.41, 5.74) is 1.09. The highest BCUT2D eigenvalue weighted by Gasteiger charge is 2.27. The van der Waals surface area contributed by atoms with Gasteiger partial charge in [0, 0.05) is 5.02 Å². The molecule has 4 nitrogen and oxygen atoms in total. The molecule has 122 valence electrons. The van der Waals surface area contributed by atoms with Crippen molar-refractivity contribution in [3.05, 3.63) is 59.7 Å². The molecule has 1 heterocycles. The molecule has 0 amide bonds. The molecule has 0 unspecified atom stereocenters. The van der Waals surface area contributed by atoms with Gasteiger partial charge in [0.15, 0.2) is 5.17 Å². The molecule has 0 atom stereocenters. The second-order valence-electron chi connectivity index (χ2n) is 5.16. The highest BCUT2D eigenvalue weighted by Crippen LogP contribution is 2.28. The summed E-state index contributed by atoms with van der Waals surface area (Å²) >= 11 is 7.57. The highest BCUT2D eigenvalue weighted by molar-refractivity contribution is 8.13. The standard InChI is InChI=1S/C17H20ClN3OS/c1-5-23-17-19-13(3)20(10-12(2)22)14(4)21(17)11-15-6-8-16(18)9-7-15/h6-9H,3-5,10-11H2,1-2H3. The van der Waals surface area contributed by atoms with E-state index in [-0.39, 0.29) is 12.3 Å². The van der Waals surface area contributed by atoms with Crippen LogP contribution in [0, 0.1) is 0 Å². The largest absolute Gasteiger partial charge is 0.306 e. The minimum absolute atomic E-state index is 0.0422. The molecule has 1 aromatic carbocycles. The number of thioether (sulfide) groups is 1. The number of aliphatic imine (C=N–C) groups is 1. The Hall–Kier alpha value is -1.72. The van der Waals surface area contributed by atoms with Crippen LogP contribution in [0.25, 0.3) is 0 Å². The molecule has 0 N–H and O–H groups in total. The van der Waals surface area contributed by atoms with E-state index in [4.69, 9.17) is 11.6 Å². The summed E-state index contributed by atoms with van der Waals surface area (Å²) in [7, 11) is 0. The third kappa shape index (κ3) is 4.39. The van der Waals surface area contributed by atoms with Crippen molar-refractivity contribution in [1.29, 1.82) is 0 Å². The van der Waals surface area contributed by atoms with Crippen LogP contribution in [0.3, 0.4) is 0 Å². The number of hydrogen-bond donors (Lipinski definition) is 0. The molecule has 2 rings (SSSR count). The molecule has 0 bridgehead atoms. The van der Waals surface area contributed by atoms with Crippen molar-refractivity contribution in [3.8, 4) is 0 Å². The van der Waals surface area contributed by atoms with Crippen LogP contribution in [0.2, 0.25) is 5.02 Å². The van der Waals surface area contributed by atoms with Gasteiger partial charge in [-0.1, -0.05) is 55.6 Å². The maximum Gasteiger partial charge on any atom is 0.171 e. The number of benzene rings is 1. The Kier molecular flexibility index (Phi) is 5.91. The molecule has 0 saturated heterocycles. The number of ketones is 1. The second kappa shape index (κ2) is 7.70. The smallest absolute Gasteiger partial charge is 0.171 e. The van der Waals surface area contributed by atoms with E-state index in [1.807, 2.05) is 29.2 Å². The van der Waals surface area contributed by atoms with Crippen molar-refractivity contribution in [2.75, 3.05) is 12.3 Å². The van der Waals surface area contributed by atoms with Gasteiger partial charge in [-0.2, -0.15) is 0 Å². The van der Waals surface area contributed by atoms with Crippen LogP contribution >= 0.6 is 23.4 Å². The van der Waals surface area contributed by atoms with Crippen LogP contribution in [0.5, 0.6) is 0 Å². The van der Waals surface area contributed by atoms with E-state index in [9.17, 15) is 4.79 Å². The number of amidine groups is 1. The molecule has 1 aromatic rings. The molecule has 23 heavy (non-hydrogen) atoms. The minimum atomic E-state index is 0.0422. The van der Waals surface area contributed by atoms with Crippen molar-refractivity contribution in [2.24, 2.45) is 4.99 Å². The molecular weight excluding hydrogens is 330 g/mol. The van der Waals surface area contributed by atoms with Crippen LogP contribution in [0.1, 0.15) is 19.4 Å². The lowest BCUT2D eigenvalue weighted by Gasteiger charge is -2.39. The number of nitrogens with zero attached hydrogens (tertiary/aromatic N) is 3. The Labute approximate surface area is 146 Å². The second-order valence-corrected chi connectivity index (χ2v) is 6.83. The van der Waals surface area contributed by atoms with Gasteiger partial charge in [0.05, 0.1) is 13.1 Å². The van der Waals surface area contributed by atoms with E-state index in [0.29, 0.717) is 23.2 Å². The fourth-order valence-electron chi connectivity index (χ4n) is 2.21. The average molecular weight is 350 g/mol. The molecule has 0 saturated carbocycles. The first kappa shape index (κ1) is 17.6. The number of Topliss-reactive ketones (excluding diaryl/α,β-unsaturated/α-hetero) is 1. The monoisotopic (exact) mass is 349 g/mol. The number of hydrogen-bond acceptors (Lipinski definition) is 5. The van der Waals surface area contributed by atoms with Crippen LogP contribution in [0.4, 0.5) is 0 Å². The molecule has 1 aliphatic rings. The minimum Gasteiger partial charge on any atom is -0.306 e. The summed E-state index contributed by atoms with van der Waals surface area (Å²) in [5, 5.41) is 1.55. The Balaban J connectivity index is 2.29. The van der Waals surface area contributed by atoms with Gasteiger partial charge in [-0.05, 0) is 30.4 Å². The van der Waals surface area contributed by atoms with Gasteiger partial charge in [-0.15, -0.1) is 0 Å². The van der Waals surface area contributed by atoms with Crippen molar-refractivity contribution in [1.82, 2.24) is 9.80 Å². The van der Waals surface area contributed by atoms with Crippen molar-refractivity contribution in [2.45, 2.75) is 20.4 Å². The van der Waals surface area contributed by atoms with Gasteiger partial charge >= 0.3 is 0 Å². The summed E-state index contributed by atoms with van der Waals surface area (Å²) in [4.78, 5) is 19.8. The SMILES string of the molecule is C=C1N=C(SCC)N(Cc2ccc(Cl)cc2)C(=C)N1CC(C)=O. The van der Waals surface area contributed by atoms with E-state index in [1.54, 1.807) is 23.6 Å². The average Bonchev–Trinajstić information content (AvgIpc) is 2.49. The lowest BCUT2D eigenvalue weighted by atomic mass is 10.2. The van der Waals surface area contributed by atoms with E-state index in [0.717, 1.165) is 16.5 Å². The first-order valence-corrected chi connectivity index (χ1v) is 8.67. The van der Waals surface area contributed by atoms with Crippen molar-refractivity contribution in [3.63, 3.8) is 0 Å². The Morgan fingerprint density at radius 1 is 1.26 bits per heavy atom. The fourth-order valence-corrected chi connectivity index (χ4v) is 3.09. The molecule has 0 aliphatic carbocycles. The number of halogens is 1. The highest BCUT2D eigenvalue weighted by atomic mass is 35.5. The number of carbonyl (C=O) groups excluding carboxylic acids is 1. The summed E-state index contributed by atoms with van der Waals surface area (Å²) in [6, 6.07) is 7.67. The topological polar surface area (TPSA) is 35.9 Å². The summed E-state index contributed by atoms with van der Waals surface area (Å²) in [6.07, 6.45) is 0. The predicted octanol–water partition coefficient (Wildman–Crippen LogP) is 4.10. The summed E-state index contributed by atoms with van der Waals surface area (Å²) in [5.74, 6) is 2.20. The molecule has 0 spiro atoms. The van der Waals surface area contributed by atoms with E-state index >= 15 is 0 Å². The zero-order valence-corrected chi connectivity index (χ0v) is 15.0. The van der Waals surface area contributed by atoms with E-state index in [1.165, 1.54) is 0 Å². The summed E-state index contributed by atoms with van der Waals surface area (Å²) in [6.45, 7) is 12.6. The Bertz CT molecular complexity index is 654. The lowest BCUT2D eigenvalue weighted by Crippen LogP contribution is -2.42. The molecule has 0 radical (unpaired) electrons. The fraction of sp³-hybridized carbons (Fsp3) is 0.294. The van der Waals surface area contributed by atoms with Crippen LogP contribution in [0.15, 0.2) is 54.1 Å². The van der Waals surface area contributed by atoms with Crippen molar-refractivity contribution >= 4 is 34.3 Å². The van der Waals surface area contributed by atoms with Crippen LogP contribution in [-0.4, -0.2) is 33.0 Å². The predicted molar refractivity (Wildman–Crippen MR) is 98.2 cm³/mol. The molecule has 1 aliphatic heterocycles. The first-order valence-electron chi connectivity index (χ1n) is 7.30. The zero-order chi connectivity index (χ0) is 17.0. The van der Waals surface area contributed by atoms with Gasteiger partial charge in [-0.25, -0.2) is 4.99 Å². The summed E-state index contributed by atoms with van der Waals surface area (Å²) < 4.78 is 0. The van der Waals surface area contributed by atoms with Crippen LogP contribution < -0.4 is 0 Å². The van der Waals surface area contributed by atoms with Gasteiger partial charge in [0.25, 0.3) is 0 Å². The van der Waals surface area contributed by atoms with Gasteiger partial charge < -0.3 is 9.80 Å². The molecule has 6 heteroatoms. The van der Waals surface area contributed by atoms with Crippen molar-refractivity contribution < 1.29 is 4.79 Å².